The van der Waals surface area contributed by atoms with E-state index >= 15 is 0 Å². The number of hydrogen-bond donors (Lipinski definition) is 4. The van der Waals surface area contributed by atoms with E-state index in [1.807, 2.05) is 6.08 Å². The Labute approximate surface area is 268 Å². The minimum absolute atomic E-state index is 0.0309. The number of carbonyl (C=O) groups excluding carboxylic acids is 2. The van der Waals surface area contributed by atoms with Crippen LogP contribution in [0, 0.1) is 17.8 Å². The van der Waals surface area contributed by atoms with Crippen molar-refractivity contribution in [2.45, 2.75) is 174 Å². The van der Waals surface area contributed by atoms with Gasteiger partial charge in [0.05, 0.1) is 24.9 Å². The average molecular weight is 627 g/mol. The van der Waals surface area contributed by atoms with Gasteiger partial charge in [0.15, 0.2) is 6.10 Å². The van der Waals surface area contributed by atoms with Gasteiger partial charge in [-0.2, -0.15) is 0 Å². The van der Waals surface area contributed by atoms with Gasteiger partial charge in [-0.3, -0.25) is 9.59 Å². The predicted molar refractivity (Wildman–Crippen MR) is 175 cm³/mol. The van der Waals surface area contributed by atoms with Crippen LogP contribution < -0.4 is 0 Å². The molecule has 0 spiro atoms. The van der Waals surface area contributed by atoms with Gasteiger partial charge >= 0.3 is 11.9 Å². The summed E-state index contributed by atoms with van der Waals surface area (Å²) in [6.07, 6.45) is 19.3. The minimum Gasteiger partial charge on any atom is -0.462 e. The first-order chi connectivity index (χ1) is 21.2. The normalized spacial score (nSPS) is 21.6. The molecule has 0 radical (unpaired) electrons. The number of ether oxygens (including phenoxy) is 2. The largest absolute Gasteiger partial charge is 0.462 e. The first-order valence-electron chi connectivity index (χ1n) is 17.9. The fourth-order valence-corrected chi connectivity index (χ4v) is 6.07. The number of carbonyl (C=O) groups is 2. The van der Waals surface area contributed by atoms with Crippen molar-refractivity contribution in [3.8, 4) is 0 Å². The molecule has 1 saturated carbocycles. The molecule has 4 N–H and O–H groups in total. The molecule has 1 aliphatic rings. The lowest BCUT2D eigenvalue weighted by atomic mass is 9.88. The quantitative estimate of drug-likeness (QED) is 0.0445. The van der Waals surface area contributed by atoms with Gasteiger partial charge in [0, 0.05) is 25.2 Å². The summed E-state index contributed by atoms with van der Waals surface area (Å²) in [4.78, 5) is 24.3. The van der Waals surface area contributed by atoms with Crippen LogP contribution in [-0.4, -0.2) is 70.0 Å². The van der Waals surface area contributed by atoms with E-state index in [0.29, 0.717) is 25.7 Å². The molecule has 0 aromatic rings. The summed E-state index contributed by atoms with van der Waals surface area (Å²) in [5.74, 6) is -0.142. The third kappa shape index (κ3) is 19.8. The van der Waals surface area contributed by atoms with Crippen molar-refractivity contribution < 1.29 is 39.5 Å². The Morgan fingerprint density at radius 3 is 2.02 bits per heavy atom. The molecule has 0 aromatic carbocycles. The van der Waals surface area contributed by atoms with Crippen LogP contribution in [0.15, 0.2) is 12.2 Å². The van der Waals surface area contributed by atoms with Crippen molar-refractivity contribution in [3.63, 3.8) is 0 Å². The van der Waals surface area contributed by atoms with E-state index in [4.69, 9.17) is 9.47 Å². The average Bonchev–Trinajstić information content (AvgIpc) is 3.26. The Balaban J connectivity index is 2.15. The number of unbranched alkanes of at least 4 members (excludes halogenated alkanes) is 11. The first-order valence-corrected chi connectivity index (χ1v) is 17.9. The molecule has 0 unspecified atom stereocenters. The highest BCUT2D eigenvalue weighted by atomic mass is 16.6. The predicted octanol–water partition coefficient (Wildman–Crippen LogP) is 6.80. The molecule has 8 nitrogen and oxygen atoms in total. The molecule has 8 heteroatoms. The summed E-state index contributed by atoms with van der Waals surface area (Å²) in [6, 6.07) is 0. The van der Waals surface area contributed by atoms with Gasteiger partial charge < -0.3 is 29.9 Å². The van der Waals surface area contributed by atoms with Gasteiger partial charge in [-0.1, -0.05) is 116 Å². The molecule has 0 saturated heterocycles. The fraction of sp³-hybridized carbons (Fsp3) is 0.889. The topological polar surface area (TPSA) is 134 Å². The third-order valence-corrected chi connectivity index (χ3v) is 8.84. The van der Waals surface area contributed by atoms with E-state index in [9.17, 15) is 30.0 Å². The maximum atomic E-state index is 12.2. The summed E-state index contributed by atoms with van der Waals surface area (Å²) in [6.45, 7) is 6.12. The van der Waals surface area contributed by atoms with E-state index < -0.39 is 24.4 Å². The zero-order valence-corrected chi connectivity index (χ0v) is 28.2. The number of esters is 2. The molecule has 1 rings (SSSR count). The molecule has 0 aromatic heterocycles. The van der Waals surface area contributed by atoms with Crippen LogP contribution >= 0.6 is 0 Å². The third-order valence-electron chi connectivity index (χ3n) is 8.84. The van der Waals surface area contributed by atoms with E-state index in [-0.39, 0.29) is 43.4 Å². The highest BCUT2D eigenvalue weighted by Gasteiger charge is 2.39. The molecule has 0 amide bonds. The fourth-order valence-electron chi connectivity index (χ4n) is 6.07. The SMILES string of the molecule is CCCCC[C@H](O)/C=C/[C@@H]1[C@@H](CCCCCCC(=O)OC[C@H](CO)OC(=O)CCCCCCCCCC(C)C)[C@@H](O)C[C@H]1O. The lowest BCUT2D eigenvalue weighted by Gasteiger charge is -2.21. The van der Waals surface area contributed by atoms with Crippen LogP contribution in [0.25, 0.3) is 0 Å². The maximum Gasteiger partial charge on any atom is 0.306 e. The summed E-state index contributed by atoms with van der Waals surface area (Å²) in [5.41, 5.74) is 0. The van der Waals surface area contributed by atoms with Crippen molar-refractivity contribution >= 4 is 11.9 Å². The molecule has 1 aliphatic carbocycles. The van der Waals surface area contributed by atoms with E-state index in [1.54, 1.807) is 6.08 Å². The van der Waals surface area contributed by atoms with Crippen LogP contribution in [0.1, 0.15) is 149 Å². The summed E-state index contributed by atoms with van der Waals surface area (Å²) in [5, 5.41) is 40.6. The number of rotatable bonds is 27. The van der Waals surface area contributed by atoms with Crippen LogP contribution in [0.5, 0.6) is 0 Å². The van der Waals surface area contributed by atoms with Gasteiger partial charge in [0.25, 0.3) is 0 Å². The second-order valence-corrected chi connectivity index (χ2v) is 13.4. The Morgan fingerprint density at radius 2 is 1.39 bits per heavy atom. The monoisotopic (exact) mass is 626 g/mol. The smallest absolute Gasteiger partial charge is 0.306 e. The zero-order valence-electron chi connectivity index (χ0n) is 28.2. The second-order valence-electron chi connectivity index (χ2n) is 13.4. The number of aliphatic hydroxyl groups excluding tert-OH is 4. The van der Waals surface area contributed by atoms with E-state index in [1.165, 1.54) is 32.1 Å². The summed E-state index contributed by atoms with van der Waals surface area (Å²) >= 11 is 0. The number of aliphatic hydroxyl groups is 4. The Kier molecular flexibility index (Phi) is 23.7. The standard InChI is InChI=1S/C36H66O8/c1-4-5-13-19-29(38)23-24-32-31(33(39)25-34(32)40)20-15-11-12-16-21-35(41)43-27-30(26-37)44-36(42)22-17-10-8-6-7-9-14-18-28(2)3/h23-24,28-34,37-40H,4-22,25-27H2,1-3H3/b24-23+/t29-,30-,31+,32+,33-,34+/m0/s1. The molecular weight excluding hydrogens is 560 g/mol. The van der Waals surface area contributed by atoms with Crippen molar-refractivity contribution in [1.82, 2.24) is 0 Å². The molecule has 6 atom stereocenters. The lowest BCUT2D eigenvalue weighted by molar-refractivity contribution is -0.161. The van der Waals surface area contributed by atoms with Gasteiger partial charge in [0.2, 0.25) is 0 Å². The molecular formula is C36H66O8. The number of hydrogen-bond acceptors (Lipinski definition) is 8. The van der Waals surface area contributed by atoms with Gasteiger partial charge in [-0.25, -0.2) is 0 Å². The van der Waals surface area contributed by atoms with E-state index in [0.717, 1.165) is 70.1 Å². The Hall–Kier alpha value is -1.48. The van der Waals surface area contributed by atoms with Crippen molar-refractivity contribution in [2.75, 3.05) is 13.2 Å². The Morgan fingerprint density at radius 1 is 0.795 bits per heavy atom. The minimum atomic E-state index is -0.833. The van der Waals surface area contributed by atoms with Crippen LogP contribution in [0.3, 0.4) is 0 Å². The van der Waals surface area contributed by atoms with Gasteiger partial charge in [0.1, 0.15) is 6.61 Å². The molecule has 1 fully saturated rings. The second kappa shape index (κ2) is 25.7. The Bertz CT molecular complexity index is 754. The highest BCUT2D eigenvalue weighted by Crippen LogP contribution is 2.37. The molecule has 0 bridgehead atoms. The van der Waals surface area contributed by atoms with E-state index in [2.05, 4.69) is 20.8 Å². The maximum absolute atomic E-state index is 12.2. The molecule has 44 heavy (non-hydrogen) atoms. The van der Waals surface area contributed by atoms with Crippen molar-refractivity contribution in [2.24, 2.45) is 17.8 Å². The van der Waals surface area contributed by atoms with Crippen molar-refractivity contribution in [1.29, 1.82) is 0 Å². The highest BCUT2D eigenvalue weighted by molar-refractivity contribution is 5.70. The van der Waals surface area contributed by atoms with Crippen molar-refractivity contribution in [3.05, 3.63) is 12.2 Å². The zero-order chi connectivity index (χ0) is 32.6. The lowest BCUT2D eigenvalue weighted by Crippen LogP contribution is -2.28. The van der Waals surface area contributed by atoms with Gasteiger partial charge in [-0.15, -0.1) is 0 Å². The summed E-state index contributed by atoms with van der Waals surface area (Å²) < 4.78 is 10.5. The van der Waals surface area contributed by atoms with Crippen LogP contribution in [-0.2, 0) is 19.1 Å². The van der Waals surface area contributed by atoms with Crippen LogP contribution in [0.2, 0.25) is 0 Å². The molecule has 0 heterocycles. The van der Waals surface area contributed by atoms with Gasteiger partial charge in [-0.05, 0) is 37.5 Å². The molecule has 0 aliphatic heterocycles. The van der Waals surface area contributed by atoms with Crippen LogP contribution in [0.4, 0.5) is 0 Å². The summed E-state index contributed by atoms with van der Waals surface area (Å²) in [7, 11) is 0. The first kappa shape index (κ1) is 40.5. The molecule has 258 valence electrons.